The maximum atomic E-state index is 6.20. The molecule has 0 saturated carbocycles. The lowest BCUT2D eigenvalue weighted by Gasteiger charge is -2.32. The van der Waals surface area contributed by atoms with E-state index in [9.17, 15) is 0 Å². The van der Waals surface area contributed by atoms with Crippen LogP contribution in [0.5, 0.6) is 0 Å². The number of fused-ring (bicyclic) bond motifs is 1. The van der Waals surface area contributed by atoms with Crippen LogP contribution in [0.25, 0.3) is 0 Å². The zero-order valence-corrected chi connectivity index (χ0v) is 14.6. The van der Waals surface area contributed by atoms with Crippen LogP contribution in [-0.2, 0) is 22.3 Å². The standard InChI is InChI=1S/C17H27BN2O2/c1-16(2)17(3,4)22-18(21-16)13-9-12-11-20(6)8-7-14(12)15(10-13)19-5/h9-10,19H,7-8,11H2,1-6H3. The molecule has 0 radical (unpaired) electrons. The van der Waals surface area contributed by atoms with Gasteiger partial charge in [0.1, 0.15) is 0 Å². The molecule has 0 atom stereocenters. The number of anilines is 1. The van der Waals surface area contributed by atoms with Crippen molar-refractivity contribution in [3.05, 3.63) is 23.3 Å². The van der Waals surface area contributed by atoms with Gasteiger partial charge >= 0.3 is 7.12 Å². The van der Waals surface area contributed by atoms with Crippen molar-refractivity contribution in [1.29, 1.82) is 0 Å². The summed E-state index contributed by atoms with van der Waals surface area (Å²) in [5.41, 5.74) is 4.52. The van der Waals surface area contributed by atoms with Gasteiger partial charge in [0, 0.05) is 25.8 Å². The maximum Gasteiger partial charge on any atom is 0.494 e. The molecule has 0 aliphatic carbocycles. The zero-order valence-electron chi connectivity index (χ0n) is 14.6. The molecule has 1 fully saturated rings. The van der Waals surface area contributed by atoms with E-state index in [1.54, 1.807) is 0 Å². The van der Waals surface area contributed by atoms with Crippen molar-refractivity contribution in [2.75, 3.05) is 26.0 Å². The first-order valence-electron chi connectivity index (χ1n) is 8.11. The fraction of sp³-hybridized carbons (Fsp3) is 0.647. The highest BCUT2D eigenvalue weighted by atomic mass is 16.7. The van der Waals surface area contributed by atoms with Gasteiger partial charge < -0.3 is 19.5 Å². The van der Waals surface area contributed by atoms with Gasteiger partial charge in [0.2, 0.25) is 0 Å². The van der Waals surface area contributed by atoms with E-state index in [4.69, 9.17) is 9.31 Å². The Morgan fingerprint density at radius 3 is 2.36 bits per heavy atom. The molecule has 0 aromatic heterocycles. The highest BCUT2D eigenvalue weighted by Crippen LogP contribution is 2.37. The summed E-state index contributed by atoms with van der Waals surface area (Å²) in [6, 6.07) is 4.44. The summed E-state index contributed by atoms with van der Waals surface area (Å²) in [5.74, 6) is 0. The third-order valence-electron chi connectivity index (χ3n) is 5.34. The second-order valence-electron chi connectivity index (χ2n) is 7.53. The van der Waals surface area contributed by atoms with Crippen molar-refractivity contribution < 1.29 is 9.31 Å². The molecule has 5 heteroatoms. The van der Waals surface area contributed by atoms with Gasteiger partial charge in [-0.3, -0.25) is 0 Å². The average molecular weight is 302 g/mol. The molecule has 1 saturated heterocycles. The molecule has 3 rings (SSSR count). The summed E-state index contributed by atoms with van der Waals surface area (Å²) < 4.78 is 12.4. The van der Waals surface area contributed by atoms with Gasteiger partial charge in [0.05, 0.1) is 11.2 Å². The van der Waals surface area contributed by atoms with Crippen LogP contribution < -0.4 is 10.8 Å². The maximum absolute atomic E-state index is 6.20. The molecule has 4 nitrogen and oxygen atoms in total. The molecule has 22 heavy (non-hydrogen) atoms. The van der Waals surface area contributed by atoms with Crippen molar-refractivity contribution in [3.8, 4) is 0 Å². The Morgan fingerprint density at radius 2 is 1.77 bits per heavy atom. The Morgan fingerprint density at radius 1 is 1.14 bits per heavy atom. The molecule has 1 aromatic carbocycles. The number of hydrogen-bond acceptors (Lipinski definition) is 4. The average Bonchev–Trinajstić information content (AvgIpc) is 2.65. The number of rotatable bonds is 2. The van der Waals surface area contributed by atoms with Crippen molar-refractivity contribution >= 4 is 18.3 Å². The van der Waals surface area contributed by atoms with Crippen molar-refractivity contribution in [3.63, 3.8) is 0 Å². The van der Waals surface area contributed by atoms with Crippen molar-refractivity contribution in [2.24, 2.45) is 0 Å². The molecule has 0 bridgehead atoms. The van der Waals surface area contributed by atoms with Gasteiger partial charge in [-0.25, -0.2) is 0 Å². The number of nitrogens with one attached hydrogen (secondary N) is 1. The minimum absolute atomic E-state index is 0.297. The number of likely N-dealkylation sites (N-methyl/N-ethyl adjacent to an activating group) is 1. The minimum Gasteiger partial charge on any atom is -0.399 e. The molecule has 0 spiro atoms. The fourth-order valence-corrected chi connectivity index (χ4v) is 3.20. The predicted octanol–water partition coefficient (Wildman–Crippen LogP) is 2.02. The van der Waals surface area contributed by atoms with E-state index in [0.29, 0.717) is 0 Å². The quantitative estimate of drug-likeness (QED) is 0.848. The van der Waals surface area contributed by atoms with E-state index in [0.717, 1.165) is 25.0 Å². The van der Waals surface area contributed by atoms with Crippen LogP contribution in [0.4, 0.5) is 5.69 Å². The van der Waals surface area contributed by atoms with Gasteiger partial charge in [-0.2, -0.15) is 0 Å². The number of nitrogens with zero attached hydrogens (tertiary/aromatic N) is 1. The van der Waals surface area contributed by atoms with Crippen LogP contribution in [0, 0.1) is 0 Å². The first-order valence-corrected chi connectivity index (χ1v) is 8.11. The first-order chi connectivity index (χ1) is 10.2. The van der Waals surface area contributed by atoms with Crippen LogP contribution >= 0.6 is 0 Å². The molecule has 2 aliphatic rings. The second kappa shape index (κ2) is 5.26. The normalized spacial score (nSPS) is 23.5. The Kier molecular flexibility index (Phi) is 3.79. The molecular weight excluding hydrogens is 275 g/mol. The van der Waals surface area contributed by atoms with Crippen LogP contribution in [0.1, 0.15) is 38.8 Å². The van der Waals surface area contributed by atoms with Crippen LogP contribution in [0.15, 0.2) is 12.1 Å². The molecular formula is C17H27BN2O2. The van der Waals surface area contributed by atoms with Gasteiger partial charge in [-0.1, -0.05) is 6.07 Å². The van der Waals surface area contributed by atoms with E-state index < -0.39 is 0 Å². The summed E-state index contributed by atoms with van der Waals surface area (Å²) in [6.07, 6.45) is 1.09. The molecule has 2 aliphatic heterocycles. The first kappa shape index (κ1) is 15.8. The summed E-state index contributed by atoms with van der Waals surface area (Å²) >= 11 is 0. The van der Waals surface area contributed by atoms with Gasteiger partial charge in [-0.05, 0) is 63.8 Å². The van der Waals surface area contributed by atoms with E-state index in [1.165, 1.54) is 16.8 Å². The summed E-state index contributed by atoms with van der Waals surface area (Å²) in [6.45, 7) is 10.5. The summed E-state index contributed by atoms with van der Waals surface area (Å²) in [4.78, 5) is 2.36. The highest BCUT2D eigenvalue weighted by Gasteiger charge is 2.51. The molecule has 120 valence electrons. The molecule has 0 amide bonds. The van der Waals surface area contributed by atoms with Gasteiger partial charge in [0.25, 0.3) is 0 Å². The molecule has 0 unspecified atom stereocenters. The largest absolute Gasteiger partial charge is 0.494 e. The minimum atomic E-state index is -0.301. The lowest BCUT2D eigenvalue weighted by atomic mass is 9.76. The Bertz CT molecular complexity index is 570. The van der Waals surface area contributed by atoms with Crippen molar-refractivity contribution in [1.82, 2.24) is 4.90 Å². The second-order valence-corrected chi connectivity index (χ2v) is 7.53. The van der Waals surface area contributed by atoms with Crippen LogP contribution in [0.2, 0.25) is 0 Å². The van der Waals surface area contributed by atoms with E-state index in [1.807, 2.05) is 7.05 Å². The van der Waals surface area contributed by atoms with E-state index in [2.05, 4.69) is 57.1 Å². The lowest BCUT2D eigenvalue weighted by Crippen LogP contribution is -2.41. The monoisotopic (exact) mass is 302 g/mol. The Balaban J connectivity index is 1.97. The van der Waals surface area contributed by atoms with Gasteiger partial charge in [-0.15, -0.1) is 0 Å². The third-order valence-corrected chi connectivity index (χ3v) is 5.34. The topological polar surface area (TPSA) is 33.7 Å². The van der Waals surface area contributed by atoms with Crippen LogP contribution in [-0.4, -0.2) is 43.9 Å². The van der Waals surface area contributed by atoms with E-state index in [-0.39, 0.29) is 18.3 Å². The number of benzene rings is 1. The van der Waals surface area contributed by atoms with Crippen LogP contribution in [0.3, 0.4) is 0 Å². The third kappa shape index (κ3) is 2.55. The molecule has 1 N–H and O–H groups in total. The smallest absolute Gasteiger partial charge is 0.399 e. The van der Waals surface area contributed by atoms with Gasteiger partial charge in [0.15, 0.2) is 0 Å². The van der Waals surface area contributed by atoms with Crippen molar-refractivity contribution in [2.45, 2.75) is 51.9 Å². The predicted molar refractivity (Wildman–Crippen MR) is 91.7 cm³/mol. The molecule has 2 heterocycles. The number of hydrogen-bond donors (Lipinski definition) is 1. The van der Waals surface area contributed by atoms with E-state index >= 15 is 0 Å². The summed E-state index contributed by atoms with van der Waals surface area (Å²) in [7, 11) is 3.86. The Hall–Kier alpha value is -1.04. The highest BCUT2D eigenvalue weighted by molar-refractivity contribution is 6.62. The SMILES string of the molecule is CNc1cc(B2OC(C)(C)C(C)(C)O2)cc2c1CCN(C)C2. The lowest BCUT2D eigenvalue weighted by molar-refractivity contribution is 0.00578. The fourth-order valence-electron chi connectivity index (χ4n) is 3.20. The summed E-state index contributed by atoms with van der Waals surface area (Å²) in [5, 5.41) is 3.35. The zero-order chi connectivity index (χ0) is 16.1. The Labute approximate surface area is 134 Å². The molecule has 1 aromatic rings.